The predicted octanol–water partition coefficient (Wildman–Crippen LogP) is 0.562. The van der Waals surface area contributed by atoms with E-state index in [1.165, 1.54) is 19.2 Å². The van der Waals surface area contributed by atoms with Gasteiger partial charge in [0.15, 0.2) is 11.5 Å². The molecule has 2 rings (SSSR count). The number of aliphatic hydroxyl groups excluding tert-OH is 1. The zero-order chi connectivity index (χ0) is 10.3. The van der Waals surface area contributed by atoms with Crippen molar-refractivity contribution >= 4 is 5.97 Å². The van der Waals surface area contributed by atoms with Crippen LogP contribution in [-0.2, 0) is 4.74 Å². The Morgan fingerprint density at radius 1 is 1.50 bits per heavy atom. The van der Waals surface area contributed by atoms with Gasteiger partial charge >= 0.3 is 5.97 Å². The Balaban J connectivity index is 2.64. The third-order valence-corrected chi connectivity index (χ3v) is 2.09. The van der Waals surface area contributed by atoms with Crippen LogP contribution in [0, 0.1) is 0 Å². The summed E-state index contributed by atoms with van der Waals surface area (Å²) in [6, 6.07) is 2.87. The van der Waals surface area contributed by atoms with Crippen LogP contribution in [0.25, 0.3) is 0 Å². The van der Waals surface area contributed by atoms with Gasteiger partial charge in [-0.15, -0.1) is 0 Å². The normalized spacial score (nSPS) is 19.0. The summed E-state index contributed by atoms with van der Waals surface area (Å²) in [5.41, 5.74) is 0.227. The van der Waals surface area contributed by atoms with E-state index < -0.39 is 12.3 Å². The van der Waals surface area contributed by atoms with Crippen LogP contribution in [0.2, 0.25) is 0 Å². The monoisotopic (exact) mass is 196 g/mol. The fourth-order valence-corrected chi connectivity index (χ4v) is 1.40. The number of benzene rings is 1. The van der Waals surface area contributed by atoms with E-state index in [9.17, 15) is 15.0 Å². The molecule has 0 spiro atoms. The topological polar surface area (TPSA) is 76.0 Å². The van der Waals surface area contributed by atoms with Gasteiger partial charge in [-0.3, -0.25) is 0 Å². The summed E-state index contributed by atoms with van der Waals surface area (Å²) in [5, 5.41) is 18.9. The van der Waals surface area contributed by atoms with Crippen molar-refractivity contribution in [2.45, 2.75) is 6.29 Å². The van der Waals surface area contributed by atoms with E-state index in [1.807, 2.05) is 0 Å². The summed E-state index contributed by atoms with van der Waals surface area (Å²) in [7, 11) is 1.38. The van der Waals surface area contributed by atoms with Gasteiger partial charge in [0.05, 0.1) is 18.2 Å². The number of fused-ring (bicyclic) bond motifs is 1. The molecule has 14 heavy (non-hydrogen) atoms. The van der Waals surface area contributed by atoms with Gasteiger partial charge < -0.3 is 19.7 Å². The highest BCUT2D eigenvalue weighted by Crippen LogP contribution is 2.40. The van der Waals surface area contributed by atoms with Gasteiger partial charge in [-0.2, -0.15) is 0 Å². The molecule has 0 bridgehead atoms. The van der Waals surface area contributed by atoms with Gasteiger partial charge in [-0.1, -0.05) is 0 Å². The Bertz CT molecular complexity index is 398. The highest BCUT2D eigenvalue weighted by molar-refractivity contribution is 5.95. The smallest absolute Gasteiger partial charge is 0.341 e. The summed E-state index contributed by atoms with van der Waals surface area (Å²) in [5.74, 6) is -0.713. The summed E-state index contributed by atoms with van der Waals surface area (Å²) in [6.45, 7) is 0. The van der Waals surface area contributed by atoms with Crippen LogP contribution in [0.4, 0.5) is 0 Å². The molecule has 1 aromatic rings. The lowest BCUT2D eigenvalue weighted by Gasteiger charge is -2.07. The van der Waals surface area contributed by atoms with Crippen LogP contribution < -0.4 is 4.74 Å². The molecule has 5 nitrogen and oxygen atoms in total. The largest absolute Gasteiger partial charge is 0.504 e. The van der Waals surface area contributed by atoms with Crippen molar-refractivity contribution in [1.29, 1.82) is 0 Å². The number of ether oxygens (including phenoxy) is 2. The Morgan fingerprint density at radius 2 is 2.21 bits per heavy atom. The molecule has 0 saturated carbocycles. The second-order valence-electron chi connectivity index (χ2n) is 2.84. The number of hydrogen-bond donors (Lipinski definition) is 2. The maximum atomic E-state index is 11.1. The van der Waals surface area contributed by atoms with Gasteiger partial charge in [-0.05, 0) is 12.1 Å². The minimum atomic E-state index is -1.41. The lowest BCUT2D eigenvalue weighted by Crippen LogP contribution is -1.96. The van der Waals surface area contributed by atoms with E-state index in [1.54, 1.807) is 0 Å². The molecule has 1 aliphatic rings. The highest BCUT2D eigenvalue weighted by atomic mass is 16.6. The quantitative estimate of drug-likeness (QED) is 0.642. The van der Waals surface area contributed by atoms with Gasteiger partial charge in [0.25, 0.3) is 0 Å². The predicted molar refractivity (Wildman–Crippen MR) is 45.0 cm³/mol. The van der Waals surface area contributed by atoms with Crippen LogP contribution in [-0.4, -0.2) is 23.3 Å². The van der Waals surface area contributed by atoms with Crippen molar-refractivity contribution in [1.82, 2.24) is 0 Å². The van der Waals surface area contributed by atoms with E-state index in [4.69, 9.17) is 4.74 Å². The molecule has 0 aliphatic carbocycles. The van der Waals surface area contributed by atoms with E-state index in [2.05, 4.69) is 4.74 Å². The lowest BCUT2D eigenvalue weighted by atomic mass is 10.1. The number of carbonyl (C=O) groups is 1. The summed E-state index contributed by atoms with van der Waals surface area (Å²) < 4.78 is 9.34. The zero-order valence-electron chi connectivity index (χ0n) is 7.35. The number of rotatable bonds is 1. The van der Waals surface area contributed by atoms with Crippen molar-refractivity contribution in [2.24, 2.45) is 0 Å². The average Bonchev–Trinajstić information content (AvgIpc) is 2.44. The van der Waals surface area contributed by atoms with Gasteiger partial charge in [0, 0.05) is 0 Å². The minimum Gasteiger partial charge on any atom is -0.504 e. The minimum absolute atomic E-state index is 0.0642. The number of phenolic OH excluding ortho intramolecular Hbond substituents is 1. The second-order valence-corrected chi connectivity index (χ2v) is 2.84. The third-order valence-electron chi connectivity index (χ3n) is 2.09. The number of carbonyl (C=O) groups excluding carboxylic acids is 1. The highest BCUT2D eigenvalue weighted by Gasteiger charge is 2.33. The van der Waals surface area contributed by atoms with Crippen molar-refractivity contribution in [3.63, 3.8) is 0 Å². The van der Waals surface area contributed by atoms with Crippen molar-refractivity contribution in [3.8, 4) is 11.5 Å². The number of cyclic esters (lactones) is 1. The molecule has 5 heteroatoms. The molecule has 0 fully saturated rings. The molecule has 1 heterocycles. The zero-order valence-corrected chi connectivity index (χ0v) is 7.35. The average molecular weight is 196 g/mol. The maximum Gasteiger partial charge on any atom is 0.341 e. The van der Waals surface area contributed by atoms with Gasteiger partial charge in [0.1, 0.15) is 0 Å². The molecule has 74 valence electrons. The van der Waals surface area contributed by atoms with E-state index in [-0.39, 0.29) is 22.6 Å². The molecule has 0 radical (unpaired) electrons. The SMILES string of the molecule is COc1ccc2c(c1O)C(O)OC2=O. The van der Waals surface area contributed by atoms with Crippen LogP contribution in [0.5, 0.6) is 11.5 Å². The number of aromatic hydroxyl groups is 1. The van der Waals surface area contributed by atoms with E-state index >= 15 is 0 Å². The van der Waals surface area contributed by atoms with Crippen LogP contribution in [0.1, 0.15) is 22.2 Å². The summed E-state index contributed by atoms with van der Waals surface area (Å²) in [6.07, 6.45) is -1.41. The van der Waals surface area contributed by atoms with E-state index in [0.29, 0.717) is 0 Å². The molecule has 1 aliphatic heterocycles. The molecule has 0 aromatic heterocycles. The Kier molecular flexibility index (Phi) is 1.82. The Morgan fingerprint density at radius 3 is 2.86 bits per heavy atom. The van der Waals surface area contributed by atoms with Gasteiger partial charge in [-0.25, -0.2) is 4.79 Å². The number of phenols is 1. The lowest BCUT2D eigenvalue weighted by molar-refractivity contribution is -0.0556. The number of methoxy groups -OCH3 is 1. The fourth-order valence-electron chi connectivity index (χ4n) is 1.40. The van der Waals surface area contributed by atoms with Crippen LogP contribution in [0.15, 0.2) is 12.1 Å². The first-order valence-corrected chi connectivity index (χ1v) is 3.94. The maximum absolute atomic E-state index is 11.1. The van der Waals surface area contributed by atoms with Gasteiger partial charge in [0.2, 0.25) is 6.29 Å². The van der Waals surface area contributed by atoms with E-state index in [0.717, 1.165) is 0 Å². The first-order chi connectivity index (χ1) is 6.65. The summed E-state index contributed by atoms with van der Waals surface area (Å²) in [4.78, 5) is 11.1. The molecule has 0 amide bonds. The molecule has 0 saturated heterocycles. The molecular weight excluding hydrogens is 188 g/mol. The number of aliphatic hydroxyl groups is 1. The van der Waals surface area contributed by atoms with Crippen LogP contribution >= 0.6 is 0 Å². The van der Waals surface area contributed by atoms with Crippen molar-refractivity contribution in [2.75, 3.05) is 7.11 Å². The molecule has 1 unspecified atom stereocenters. The first-order valence-electron chi connectivity index (χ1n) is 3.94. The second kappa shape index (κ2) is 2.88. The summed E-state index contributed by atoms with van der Waals surface area (Å²) >= 11 is 0. The number of esters is 1. The molecule has 1 atom stereocenters. The third kappa shape index (κ3) is 1.03. The Labute approximate surface area is 79.5 Å². The standard InChI is InChI=1S/C9H8O5/c1-13-5-3-2-4-6(7(5)10)9(12)14-8(4)11/h2-3,9-10,12H,1H3. The van der Waals surface area contributed by atoms with Crippen molar-refractivity contribution in [3.05, 3.63) is 23.3 Å². The Hall–Kier alpha value is -1.75. The molecule has 2 N–H and O–H groups in total. The number of hydrogen-bond acceptors (Lipinski definition) is 5. The fraction of sp³-hybridized carbons (Fsp3) is 0.222. The first kappa shape index (κ1) is 8.83. The molecular formula is C9H8O5. The van der Waals surface area contributed by atoms with Crippen molar-refractivity contribution < 1.29 is 24.5 Å². The van der Waals surface area contributed by atoms with Crippen LogP contribution in [0.3, 0.4) is 0 Å². The molecule has 1 aromatic carbocycles.